The quantitative estimate of drug-likeness (QED) is 0.0491. The van der Waals surface area contributed by atoms with Crippen LogP contribution < -0.4 is 0 Å². The van der Waals surface area contributed by atoms with Crippen LogP contribution in [0.4, 0.5) is 0 Å². The Morgan fingerprint density at radius 2 is 1.50 bits per heavy atom. The minimum absolute atomic E-state index is 0.264. The fourth-order valence-corrected chi connectivity index (χ4v) is 9.64. The number of hydrogen-bond acceptors (Lipinski definition) is 3. The van der Waals surface area contributed by atoms with Gasteiger partial charge in [0.25, 0.3) is 8.32 Å². The zero-order valence-corrected chi connectivity index (χ0v) is 22.2. The van der Waals surface area contributed by atoms with Gasteiger partial charge in [-0.1, -0.05) is 86.0 Å². The van der Waals surface area contributed by atoms with E-state index in [-0.39, 0.29) is 5.97 Å². The van der Waals surface area contributed by atoms with Crippen LogP contribution in [0.5, 0.6) is 0 Å². The summed E-state index contributed by atoms with van der Waals surface area (Å²) in [6.07, 6.45) is 14.7. The first-order valence-corrected chi connectivity index (χ1v) is 14.2. The molecule has 0 unspecified atom stereocenters. The number of unbranched alkanes of at least 4 members (excludes halogenated alkanes) is 4. The topological polar surface area (TPSA) is 35.5 Å². The molecule has 0 amide bonds. The van der Waals surface area contributed by atoms with E-state index in [2.05, 4.69) is 60.6 Å². The molecule has 0 spiro atoms. The summed E-state index contributed by atoms with van der Waals surface area (Å²) in [6.45, 7) is 20.1. The first kappa shape index (κ1) is 28.7. The van der Waals surface area contributed by atoms with E-state index in [9.17, 15) is 4.79 Å². The SMILES string of the molecule is C/C=C/C/C(C(=O)OCC)=C(\C=C\CCCCCC)O[Si](C(C)C)(C(C)C)C(C)C. The maximum atomic E-state index is 12.8. The molecule has 0 aliphatic heterocycles. The van der Waals surface area contributed by atoms with Gasteiger partial charge in [0.1, 0.15) is 5.76 Å². The van der Waals surface area contributed by atoms with E-state index >= 15 is 0 Å². The highest BCUT2D eigenvalue weighted by atomic mass is 28.4. The monoisotopic (exact) mass is 436 g/mol. The van der Waals surface area contributed by atoms with E-state index < -0.39 is 8.32 Å². The molecule has 174 valence electrons. The average Bonchev–Trinajstić information content (AvgIpc) is 2.67. The number of carbonyl (C=O) groups excluding carboxylic acids is 1. The second-order valence-electron chi connectivity index (χ2n) is 9.01. The first-order chi connectivity index (χ1) is 14.2. The van der Waals surface area contributed by atoms with Crippen molar-refractivity contribution in [2.75, 3.05) is 6.61 Å². The molecule has 0 aromatic carbocycles. The normalized spacial score (nSPS) is 13.7. The van der Waals surface area contributed by atoms with Crippen molar-refractivity contribution in [2.45, 2.75) is 117 Å². The number of carbonyl (C=O) groups is 1. The molecule has 0 fully saturated rings. The Kier molecular flexibility index (Phi) is 14.8. The molecule has 0 aromatic heterocycles. The molecule has 4 heteroatoms. The second kappa shape index (κ2) is 15.5. The summed E-state index contributed by atoms with van der Waals surface area (Å²) >= 11 is 0. The van der Waals surface area contributed by atoms with E-state index in [1.165, 1.54) is 25.7 Å². The van der Waals surface area contributed by atoms with Crippen molar-refractivity contribution in [1.82, 2.24) is 0 Å². The van der Waals surface area contributed by atoms with Gasteiger partial charge in [-0.2, -0.15) is 0 Å². The number of ether oxygens (including phenoxy) is 1. The lowest BCUT2D eigenvalue weighted by atomic mass is 10.1. The molecule has 0 rings (SSSR count). The van der Waals surface area contributed by atoms with Crippen LogP contribution in [-0.2, 0) is 14.0 Å². The lowest BCUT2D eigenvalue weighted by Gasteiger charge is -2.42. The van der Waals surface area contributed by atoms with Gasteiger partial charge in [-0.3, -0.25) is 0 Å². The van der Waals surface area contributed by atoms with E-state index in [4.69, 9.17) is 9.16 Å². The van der Waals surface area contributed by atoms with Crippen LogP contribution in [0.15, 0.2) is 35.6 Å². The summed E-state index contributed by atoms with van der Waals surface area (Å²) in [5, 5.41) is 0. The predicted octanol–water partition coefficient (Wildman–Crippen LogP) is 8.49. The Balaban J connectivity index is 6.22. The molecule has 0 aliphatic carbocycles. The molecule has 0 saturated carbocycles. The molecule has 0 bridgehead atoms. The van der Waals surface area contributed by atoms with Crippen LogP contribution in [0.3, 0.4) is 0 Å². The van der Waals surface area contributed by atoms with Crippen molar-refractivity contribution in [2.24, 2.45) is 0 Å². The highest BCUT2D eigenvalue weighted by Gasteiger charge is 2.47. The van der Waals surface area contributed by atoms with Crippen LogP contribution in [0, 0.1) is 0 Å². The Morgan fingerprint density at radius 1 is 0.900 bits per heavy atom. The number of allylic oxidation sites excluding steroid dienone is 4. The van der Waals surface area contributed by atoms with Gasteiger partial charge in [0.05, 0.1) is 12.2 Å². The number of esters is 1. The zero-order valence-electron chi connectivity index (χ0n) is 21.2. The second-order valence-corrected chi connectivity index (χ2v) is 14.4. The van der Waals surface area contributed by atoms with E-state index in [1.807, 2.05) is 26.0 Å². The molecular weight excluding hydrogens is 388 g/mol. The maximum Gasteiger partial charge on any atom is 0.338 e. The Labute approximate surface area is 188 Å². The van der Waals surface area contributed by atoms with Crippen molar-refractivity contribution in [3.63, 3.8) is 0 Å². The largest absolute Gasteiger partial charge is 0.542 e. The molecule has 0 N–H and O–H groups in total. The van der Waals surface area contributed by atoms with E-state index in [0.29, 0.717) is 35.2 Å². The number of rotatable bonds is 15. The summed E-state index contributed by atoms with van der Waals surface area (Å²) in [4.78, 5) is 12.8. The molecule has 0 radical (unpaired) electrons. The lowest BCUT2D eigenvalue weighted by molar-refractivity contribution is -0.138. The fraction of sp³-hybridized carbons (Fsp3) is 0.731. The molecule has 3 nitrogen and oxygen atoms in total. The smallest absolute Gasteiger partial charge is 0.338 e. The standard InChI is InChI=1S/C26H48O3Si/c1-10-13-15-16-17-18-20-25(24(19-14-11-2)26(27)28-12-3)29-30(21(4)5,22(6)7)23(8)9/h11,14,18,20-23H,10,12-13,15-17,19H2,1-9H3/b14-11+,20-18+,25-24-. The van der Waals surface area contributed by atoms with E-state index in [0.717, 1.165) is 12.2 Å². The third-order valence-corrected chi connectivity index (χ3v) is 11.9. The van der Waals surface area contributed by atoms with Gasteiger partial charge in [0.2, 0.25) is 0 Å². The summed E-state index contributed by atoms with van der Waals surface area (Å²) in [5.74, 6) is 0.463. The third-order valence-electron chi connectivity index (χ3n) is 5.86. The molecular formula is C26H48O3Si. The van der Waals surface area contributed by atoms with Crippen molar-refractivity contribution >= 4 is 14.3 Å². The molecule has 0 aliphatic rings. The van der Waals surface area contributed by atoms with Gasteiger partial charge in [0, 0.05) is 6.42 Å². The van der Waals surface area contributed by atoms with Gasteiger partial charge < -0.3 is 9.16 Å². The summed E-state index contributed by atoms with van der Waals surface area (Å²) < 4.78 is 12.4. The Hall–Kier alpha value is -1.29. The molecule has 0 aromatic rings. The van der Waals surface area contributed by atoms with Crippen LogP contribution in [-0.4, -0.2) is 20.9 Å². The predicted molar refractivity (Wildman–Crippen MR) is 133 cm³/mol. The van der Waals surface area contributed by atoms with Gasteiger partial charge in [-0.15, -0.1) is 0 Å². The van der Waals surface area contributed by atoms with E-state index in [1.54, 1.807) is 0 Å². The summed E-state index contributed by atoms with van der Waals surface area (Å²) in [7, 11) is -2.18. The van der Waals surface area contributed by atoms with Gasteiger partial charge in [-0.05, 0) is 49.4 Å². The van der Waals surface area contributed by atoms with Gasteiger partial charge >= 0.3 is 5.97 Å². The zero-order chi connectivity index (χ0) is 23.2. The van der Waals surface area contributed by atoms with Crippen molar-refractivity contribution in [1.29, 1.82) is 0 Å². The van der Waals surface area contributed by atoms with Crippen molar-refractivity contribution in [3.8, 4) is 0 Å². The maximum absolute atomic E-state index is 12.8. The Bertz CT molecular complexity index is 549. The molecule has 30 heavy (non-hydrogen) atoms. The first-order valence-electron chi connectivity index (χ1n) is 12.1. The van der Waals surface area contributed by atoms with Crippen LogP contribution in [0.2, 0.25) is 16.6 Å². The van der Waals surface area contributed by atoms with Crippen LogP contribution in [0.25, 0.3) is 0 Å². The van der Waals surface area contributed by atoms with Crippen LogP contribution in [0.1, 0.15) is 101 Å². The molecule has 0 heterocycles. The Morgan fingerprint density at radius 3 is 1.97 bits per heavy atom. The number of hydrogen-bond donors (Lipinski definition) is 0. The highest BCUT2D eigenvalue weighted by molar-refractivity contribution is 6.78. The minimum atomic E-state index is -2.18. The van der Waals surface area contributed by atoms with Gasteiger partial charge in [0.15, 0.2) is 0 Å². The summed E-state index contributed by atoms with van der Waals surface area (Å²) in [5.41, 5.74) is 1.96. The van der Waals surface area contributed by atoms with Gasteiger partial charge in [-0.25, -0.2) is 4.79 Å². The summed E-state index contributed by atoms with van der Waals surface area (Å²) in [6, 6.07) is 0. The minimum Gasteiger partial charge on any atom is -0.542 e. The lowest BCUT2D eigenvalue weighted by Crippen LogP contribution is -2.47. The third kappa shape index (κ3) is 8.83. The van der Waals surface area contributed by atoms with Crippen molar-refractivity contribution < 1.29 is 14.0 Å². The van der Waals surface area contributed by atoms with Crippen LogP contribution >= 0.6 is 0 Å². The average molecular weight is 437 g/mol. The molecule has 0 atom stereocenters. The molecule has 0 saturated heterocycles. The fourth-order valence-electron chi connectivity index (χ4n) is 4.36. The van der Waals surface area contributed by atoms with Crippen molar-refractivity contribution in [3.05, 3.63) is 35.6 Å². The highest BCUT2D eigenvalue weighted by Crippen LogP contribution is 2.44.